The van der Waals surface area contributed by atoms with Gasteiger partial charge in [0.25, 0.3) is 0 Å². The lowest BCUT2D eigenvalue weighted by molar-refractivity contribution is -0.130. The second kappa shape index (κ2) is 11.0. The van der Waals surface area contributed by atoms with E-state index in [0.29, 0.717) is 32.6 Å². The molecule has 1 aliphatic rings. The molecule has 8 nitrogen and oxygen atoms in total. The maximum Gasteiger partial charge on any atom is 0.219 e. The Morgan fingerprint density at radius 3 is 2.22 bits per heavy atom. The predicted molar refractivity (Wildman–Crippen MR) is 103 cm³/mol. The summed E-state index contributed by atoms with van der Waals surface area (Å²) in [6.45, 7) is 8.23. The first-order valence-corrected chi connectivity index (χ1v) is 9.46. The topological polar surface area (TPSA) is 94.1 Å². The summed E-state index contributed by atoms with van der Waals surface area (Å²) in [4.78, 5) is 19.8. The van der Waals surface area contributed by atoms with Crippen LogP contribution in [0.15, 0.2) is 4.99 Å². The van der Waals surface area contributed by atoms with Crippen molar-refractivity contribution in [2.75, 3.05) is 52.1 Å². The van der Waals surface area contributed by atoms with Gasteiger partial charge in [0.15, 0.2) is 5.96 Å². The van der Waals surface area contributed by atoms with E-state index in [-0.39, 0.29) is 29.9 Å². The van der Waals surface area contributed by atoms with Crippen LogP contribution < -0.4 is 10.0 Å². The smallest absolute Gasteiger partial charge is 0.219 e. The molecule has 1 amide bonds. The van der Waals surface area contributed by atoms with Gasteiger partial charge in [0.2, 0.25) is 15.9 Å². The number of piperazine rings is 1. The number of rotatable bonds is 6. The molecule has 0 bridgehead atoms. The fraction of sp³-hybridized carbons (Fsp3) is 0.846. The van der Waals surface area contributed by atoms with E-state index in [4.69, 9.17) is 0 Å². The van der Waals surface area contributed by atoms with Gasteiger partial charge in [-0.3, -0.25) is 9.79 Å². The molecule has 2 N–H and O–H groups in total. The second-order valence-electron chi connectivity index (χ2n) is 5.25. The molecule has 1 aliphatic heterocycles. The van der Waals surface area contributed by atoms with Gasteiger partial charge in [-0.15, -0.1) is 24.0 Å². The average Bonchev–Trinajstić information content (AvgIpc) is 2.44. The Morgan fingerprint density at radius 2 is 1.74 bits per heavy atom. The summed E-state index contributed by atoms with van der Waals surface area (Å²) in [5, 5.41) is 3.24. The summed E-state index contributed by atoms with van der Waals surface area (Å²) < 4.78 is 24.4. The summed E-state index contributed by atoms with van der Waals surface area (Å²) in [7, 11) is -3.13. The minimum atomic E-state index is -3.13. The largest absolute Gasteiger partial charge is 0.357 e. The number of nitrogens with zero attached hydrogens (tertiary/aromatic N) is 3. The molecular formula is C13H28IN5O3S. The second-order valence-corrected chi connectivity index (χ2v) is 7.08. The van der Waals surface area contributed by atoms with Gasteiger partial charge in [-0.25, -0.2) is 13.1 Å². The molecule has 1 heterocycles. The molecule has 136 valence electrons. The minimum Gasteiger partial charge on any atom is -0.357 e. The van der Waals surface area contributed by atoms with Crippen LogP contribution in [0.4, 0.5) is 0 Å². The zero-order chi connectivity index (χ0) is 16.6. The Balaban J connectivity index is 0.00000484. The summed E-state index contributed by atoms with van der Waals surface area (Å²) in [6.07, 6.45) is 1.80. The van der Waals surface area contributed by atoms with E-state index in [1.54, 1.807) is 6.92 Å². The number of carbonyl (C=O) groups is 1. The molecule has 1 saturated heterocycles. The van der Waals surface area contributed by atoms with Crippen molar-refractivity contribution in [3.8, 4) is 0 Å². The van der Waals surface area contributed by atoms with Crippen LogP contribution in [0.1, 0.15) is 20.3 Å². The Bertz CT molecular complexity index is 490. The molecule has 0 atom stereocenters. The van der Waals surface area contributed by atoms with Gasteiger partial charge >= 0.3 is 0 Å². The van der Waals surface area contributed by atoms with Crippen LogP contribution in [-0.4, -0.2) is 82.2 Å². The normalized spacial score (nSPS) is 16.0. The Kier molecular flexibility index (Phi) is 10.7. The molecule has 0 spiro atoms. The number of nitrogens with one attached hydrogen (secondary N) is 2. The first-order valence-electron chi connectivity index (χ1n) is 7.57. The van der Waals surface area contributed by atoms with Crippen molar-refractivity contribution in [3.63, 3.8) is 0 Å². The Labute approximate surface area is 156 Å². The zero-order valence-electron chi connectivity index (χ0n) is 14.0. The van der Waals surface area contributed by atoms with Crippen LogP contribution in [0, 0.1) is 0 Å². The van der Waals surface area contributed by atoms with Crippen LogP contribution >= 0.6 is 24.0 Å². The van der Waals surface area contributed by atoms with Gasteiger partial charge in [0.1, 0.15) is 0 Å². The summed E-state index contributed by atoms with van der Waals surface area (Å²) in [5.74, 6) is 0.929. The molecule has 1 fully saturated rings. The van der Waals surface area contributed by atoms with E-state index in [1.807, 2.05) is 11.8 Å². The first-order chi connectivity index (χ1) is 10.3. The highest BCUT2D eigenvalue weighted by Crippen LogP contribution is 2.02. The highest BCUT2D eigenvalue weighted by Gasteiger charge is 2.20. The van der Waals surface area contributed by atoms with Crippen molar-refractivity contribution in [2.45, 2.75) is 20.3 Å². The van der Waals surface area contributed by atoms with Crippen LogP contribution in [0.5, 0.6) is 0 Å². The first kappa shape index (κ1) is 22.4. The maximum absolute atomic E-state index is 11.3. The molecule has 0 aromatic heterocycles. The van der Waals surface area contributed by atoms with Gasteiger partial charge < -0.3 is 15.1 Å². The van der Waals surface area contributed by atoms with Crippen molar-refractivity contribution in [1.82, 2.24) is 19.8 Å². The van der Waals surface area contributed by atoms with Crippen molar-refractivity contribution in [2.24, 2.45) is 4.99 Å². The number of hydrogen-bond donors (Lipinski definition) is 2. The van der Waals surface area contributed by atoms with E-state index >= 15 is 0 Å². The third kappa shape index (κ3) is 9.30. The maximum atomic E-state index is 11.3. The number of sulfonamides is 1. The molecule has 10 heteroatoms. The van der Waals surface area contributed by atoms with E-state index in [2.05, 4.69) is 19.9 Å². The summed E-state index contributed by atoms with van der Waals surface area (Å²) >= 11 is 0. The lowest BCUT2D eigenvalue weighted by Gasteiger charge is -2.36. The van der Waals surface area contributed by atoms with Crippen LogP contribution in [0.2, 0.25) is 0 Å². The molecule has 0 aliphatic carbocycles. The van der Waals surface area contributed by atoms with Gasteiger partial charge in [-0.1, -0.05) is 0 Å². The summed E-state index contributed by atoms with van der Waals surface area (Å²) in [6, 6.07) is 0. The quantitative estimate of drug-likeness (QED) is 0.245. The zero-order valence-corrected chi connectivity index (χ0v) is 17.2. The molecule has 0 aromatic rings. The number of halogens is 1. The molecule has 0 unspecified atom stereocenters. The average molecular weight is 461 g/mol. The third-order valence-electron chi connectivity index (χ3n) is 3.32. The van der Waals surface area contributed by atoms with Crippen LogP contribution in [-0.2, 0) is 14.8 Å². The lowest BCUT2D eigenvalue weighted by Crippen LogP contribution is -2.53. The van der Waals surface area contributed by atoms with E-state index in [0.717, 1.165) is 31.8 Å². The standard InChI is InChI=1S/C13H27N5O3S.HI/c1-4-14-13(15-6-5-7-16-22(3,20)21)18-10-8-17(9-11-18)12(2)19;/h16H,4-11H2,1-3H3,(H,14,15);1H. The highest BCUT2D eigenvalue weighted by molar-refractivity contribution is 14.0. The van der Waals surface area contributed by atoms with Gasteiger partial charge in [0.05, 0.1) is 6.26 Å². The van der Waals surface area contributed by atoms with Crippen molar-refractivity contribution in [3.05, 3.63) is 0 Å². The fourth-order valence-electron chi connectivity index (χ4n) is 2.18. The van der Waals surface area contributed by atoms with Crippen molar-refractivity contribution < 1.29 is 13.2 Å². The van der Waals surface area contributed by atoms with Gasteiger partial charge in [-0.05, 0) is 13.3 Å². The predicted octanol–water partition coefficient (Wildman–Crippen LogP) is -0.327. The number of aliphatic imine (C=N–C) groups is 1. The number of amides is 1. The lowest BCUT2D eigenvalue weighted by atomic mass is 10.3. The monoisotopic (exact) mass is 461 g/mol. The van der Waals surface area contributed by atoms with E-state index in [1.165, 1.54) is 0 Å². The Hall–Kier alpha value is -0.620. The van der Waals surface area contributed by atoms with Crippen molar-refractivity contribution in [1.29, 1.82) is 0 Å². The number of carbonyl (C=O) groups excluding carboxylic acids is 1. The van der Waals surface area contributed by atoms with Crippen LogP contribution in [0.25, 0.3) is 0 Å². The number of hydrogen-bond acceptors (Lipinski definition) is 4. The number of guanidine groups is 1. The molecular weight excluding hydrogens is 433 g/mol. The minimum absolute atomic E-state index is 0. The molecule has 23 heavy (non-hydrogen) atoms. The summed E-state index contributed by atoms with van der Waals surface area (Å²) in [5.41, 5.74) is 0. The molecule has 0 radical (unpaired) electrons. The van der Waals surface area contributed by atoms with Crippen LogP contribution in [0.3, 0.4) is 0 Å². The van der Waals surface area contributed by atoms with Gasteiger partial charge in [-0.2, -0.15) is 0 Å². The van der Waals surface area contributed by atoms with Crippen molar-refractivity contribution >= 4 is 45.9 Å². The van der Waals surface area contributed by atoms with E-state index in [9.17, 15) is 13.2 Å². The Morgan fingerprint density at radius 1 is 1.17 bits per heavy atom. The SMILES string of the molecule is CCNC(=NCCCNS(C)(=O)=O)N1CCN(C(C)=O)CC1.I. The highest BCUT2D eigenvalue weighted by atomic mass is 127. The third-order valence-corrected chi connectivity index (χ3v) is 4.05. The van der Waals surface area contributed by atoms with E-state index < -0.39 is 10.0 Å². The molecule has 1 rings (SSSR count). The molecule has 0 aromatic carbocycles. The fourth-order valence-corrected chi connectivity index (χ4v) is 2.70. The molecule has 0 saturated carbocycles. The van der Waals surface area contributed by atoms with Gasteiger partial charge in [0, 0.05) is 52.7 Å².